The Kier molecular flexibility index (Phi) is 5.38. The third kappa shape index (κ3) is 4.09. The van der Waals surface area contributed by atoms with E-state index in [0.717, 1.165) is 28.9 Å². The van der Waals surface area contributed by atoms with E-state index in [9.17, 15) is 14.0 Å². The molecular formula is C25H20FN3O3S. The Bertz CT molecular complexity index is 1370. The van der Waals surface area contributed by atoms with Crippen molar-refractivity contribution < 1.29 is 19.1 Å². The van der Waals surface area contributed by atoms with Gasteiger partial charge in [0.2, 0.25) is 0 Å². The van der Waals surface area contributed by atoms with E-state index >= 15 is 0 Å². The zero-order chi connectivity index (χ0) is 23.0. The quantitative estimate of drug-likeness (QED) is 0.417. The lowest BCUT2D eigenvalue weighted by Crippen LogP contribution is -2.32. The molecule has 0 saturated heterocycles. The van der Waals surface area contributed by atoms with Crippen LogP contribution in [-0.4, -0.2) is 33.5 Å². The summed E-state index contributed by atoms with van der Waals surface area (Å²) in [6.45, 7) is 0.112. The van der Waals surface area contributed by atoms with Gasteiger partial charge < -0.3 is 10.4 Å². The second kappa shape index (κ2) is 8.37. The van der Waals surface area contributed by atoms with Crippen LogP contribution < -0.4 is 5.32 Å². The Morgan fingerprint density at radius 1 is 1.06 bits per heavy atom. The van der Waals surface area contributed by atoms with Crippen molar-refractivity contribution in [2.24, 2.45) is 0 Å². The molecule has 2 aromatic carbocycles. The number of hydrogen-bond acceptors (Lipinski definition) is 5. The minimum Gasteiger partial charge on any atom is -0.474 e. The van der Waals surface area contributed by atoms with Crippen LogP contribution in [-0.2, 0) is 21.4 Å². The molecule has 2 N–H and O–H groups in total. The molecule has 33 heavy (non-hydrogen) atoms. The Balaban J connectivity index is 1.37. The van der Waals surface area contributed by atoms with Crippen molar-refractivity contribution in [3.63, 3.8) is 0 Å². The molecule has 0 unspecified atom stereocenters. The Hall–Kier alpha value is -3.65. The first-order valence-electron chi connectivity index (χ1n) is 10.6. The number of nitrogens with zero attached hydrogens (tertiary/aromatic N) is 2. The van der Waals surface area contributed by atoms with Crippen molar-refractivity contribution >= 4 is 33.6 Å². The summed E-state index contributed by atoms with van der Waals surface area (Å²) >= 11 is 1.36. The van der Waals surface area contributed by atoms with E-state index in [4.69, 9.17) is 10.1 Å². The van der Waals surface area contributed by atoms with Gasteiger partial charge in [0.15, 0.2) is 0 Å². The number of carbonyl (C=O) groups excluding carboxylic acids is 1. The standard InChI is InChI=1S/C25H20FN3O3S/c26-18-14-15(10-13-27-21(30)24(31)32)6-7-17(18)22-28-19-8-9-20(29-23(19)33-22)25(11-12-25)16-4-2-1-3-5-16/h1-9,14H,10-13H2,(H,27,30)(H,31,32). The van der Waals surface area contributed by atoms with Crippen molar-refractivity contribution in [1.29, 1.82) is 0 Å². The van der Waals surface area contributed by atoms with E-state index in [-0.39, 0.29) is 12.0 Å². The van der Waals surface area contributed by atoms with E-state index in [1.54, 1.807) is 12.1 Å². The summed E-state index contributed by atoms with van der Waals surface area (Å²) in [5, 5.41) is 11.4. The highest BCUT2D eigenvalue weighted by Crippen LogP contribution is 2.53. The first-order chi connectivity index (χ1) is 16.0. The third-order valence-corrected chi connectivity index (χ3v) is 6.98. The molecule has 1 aliphatic rings. The smallest absolute Gasteiger partial charge is 0.394 e. The highest BCUT2D eigenvalue weighted by molar-refractivity contribution is 7.21. The molecule has 1 fully saturated rings. The normalized spacial score (nSPS) is 14.2. The Labute approximate surface area is 193 Å². The van der Waals surface area contributed by atoms with Gasteiger partial charge >= 0.3 is 11.9 Å². The van der Waals surface area contributed by atoms with Crippen LogP contribution in [0, 0.1) is 5.82 Å². The number of fused-ring (bicyclic) bond motifs is 1. The average Bonchev–Trinajstić information content (AvgIpc) is 3.52. The van der Waals surface area contributed by atoms with Crippen LogP contribution in [0.1, 0.15) is 29.7 Å². The zero-order valence-electron chi connectivity index (χ0n) is 17.5. The van der Waals surface area contributed by atoms with Crippen molar-refractivity contribution in [1.82, 2.24) is 15.3 Å². The number of aliphatic carboxylic acids is 1. The van der Waals surface area contributed by atoms with Gasteiger partial charge in [-0.1, -0.05) is 47.7 Å². The average molecular weight is 462 g/mol. The van der Waals surface area contributed by atoms with Crippen molar-refractivity contribution in [3.8, 4) is 10.6 Å². The highest BCUT2D eigenvalue weighted by Gasteiger charge is 2.47. The summed E-state index contributed by atoms with van der Waals surface area (Å²) in [5.41, 5.74) is 4.03. The molecule has 1 saturated carbocycles. The van der Waals surface area contributed by atoms with Crippen LogP contribution in [0.25, 0.3) is 20.9 Å². The lowest BCUT2D eigenvalue weighted by atomic mass is 9.92. The summed E-state index contributed by atoms with van der Waals surface area (Å²) in [5.74, 6) is -3.03. The fourth-order valence-electron chi connectivity index (χ4n) is 4.06. The summed E-state index contributed by atoms with van der Waals surface area (Å²) in [6.07, 6.45) is 2.44. The van der Waals surface area contributed by atoms with E-state index in [1.165, 1.54) is 23.0 Å². The zero-order valence-corrected chi connectivity index (χ0v) is 18.4. The lowest BCUT2D eigenvalue weighted by molar-refractivity contribution is -0.150. The predicted molar refractivity (Wildman–Crippen MR) is 124 cm³/mol. The topological polar surface area (TPSA) is 92.2 Å². The van der Waals surface area contributed by atoms with E-state index in [0.29, 0.717) is 22.6 Å². The molecule has 2 aromatic heterocycles. The molecule has 1 amide bonds. The van der Waals surface area contributed by atoms with Crippen molar-refractivity contribution in [2.45, 2.75) is 24.7 Å². The van der Waals surface area contributed by atoms with E-state index in [1.807, 2.05) is 30.3 Å². The maximum atomic E-state index is 14.8. The molecule has 8 heteroatoms. The molecule has 0 aliphatic heterocycles. The van der Waals surface area contributed by atoms with Crippen LogP contribution in [0.15, 0.2) is 60.7 Å². The van der Waals surface area contributed by atoms with Crippen LogP contribution in [0.2, 0.25) is 0 Å². The number of carboxylic acids is 1. The number of hydrogen-bond donors (Lipinski definition) is 2. The number of carboxylic acid groups (broad SMARTS) is 1. The molecular weight excluding hydrogens is 441 g/mol. The predicted octanol–water partition coefficient (Wildman–Crippen LogP) is 4.32. The van der Waals surface area contributed by atoms with Crippen molar-refractivity contribution in [2.75, 3.05) is 6.54 Å². The number of halogens is 1. The number of amides is 1. The first-order valence-corrected chi connectivity index (χ1v) is 11.4. The van der Waals surface area contributed by atoms with Crippen molar-refractivity contribution in [3.05, 3.63) is 83.3 Å². The number of pyridine rings is 1. The molecule has 0 atom stereocenters. The summed E-state index contributed by atoms with van der Waals surface area (Å²) in [4.78, 5) is 31.9. The third-order valence-electron chi connectivity index (χ3n) is 5.98. The van der Waals surface area contributed by atoms with Gasteiger partial charge in [-0.25, -0.2) is 19.2 Å². The fourth-order valence-corrected chi connectivity index (χ4v) is 5.02. The molecule has 2 heterocycles. The van der Waals surface area contributed by atoms with Crippen LogP contribution in [0.4, 0.5) is 4.39 Å². The van der Waals surface area contributed by atoms with Gasteiger partial charge in [0, 0.05) is 17.5 Å². The van der Waals surface area contributed by atoms with Crippen LogP contribution in [0.3, 0.4) is 0 Å². The summed E-state index contributed by atoms with van der Waals surface area (Å²) in [7, 11) is 0. The number of rotatable bonds is 6. The SMILES string of the molecule is O=C(O)C(=O)NCCc1ccc(-c2nc3ccc(C4(c5ccccc5)CC4)nc3s2)c(F)c1. The minimum atomic E-state index is -1.54. The van der Waals surface area contributed by atoms with E-state index in [2.05, 4.69) is 22.4 Å². The number of carbonyl (C=O) groups is 2. The van der Waals surface area contributed by atoms with E-state index < -0.39 is 17.7 Å². The van der Waals surface area contributed by atoms with Gasteiger partial charge in [0.1, 0.15) is 21.2 Å². The molecule has 1 aliphatic carbocycles. The number of aromatic nitrogens is 2. The largest absolute Gasteiger partial charge is 0.474 e. The monoisotopic (exact) mass is 461 g/mol. The molecule has 5 rings (SSSR count). The molecule has 0 bridgehead atoms. The van der Waals surface area contributed by atoms with Gasteiger partial charge in [-0.3, -0.25) is 4.79 Å². The summed E-state index contributed by atoms with van der Waals surface area (Å²) < 4.78 is 14.8. The molecule has 4 aromatic rings. The number of benzene rings is 2. The van der Waals surface area contributed by atoms with Crippen LogP contribution >= 0.6 is 11.3 Å². The fraction of sp³-hybridized carbons (Fsp3) is 0.200. The van der Waals surface area contributed by atoms with Gasteiger partial charge in [-0.15, -0.1) is 0 Å². The van der Waals surface area contributed by atoms with Gasteiger partial charge in [0.05, 0.1) is 5.69 Å². The van der Waals surface area contributed by atoms with Gasteiger partial charge in [-0.2, -0.15) is 0 Å². The maximum Gasteiger partial charge on any atom is 0.394 e. The first kappa shape index (κ1) is 21.2. The van der Waals surface area contributed by atoms with Gasteiger partial charge in [-0.05, 0) is 54.7 Å². The second-order valence-corrected chi connectivity index (χ2v) is 9.09. The maximum absolute atomic E-state index is 14.8. The Morgan fingerprint density at radius 3 is 2.55 bits per heavy atom. The molecule has 6 nitrogen and oxygen atoms in total. The molecule has 0 spiro atoms. The minimum absolute atomic E-state index is 0.0391. The summed E-state index contributed by atoms with van der Waals surface area (Å²) in [6, 6.07) is 19.2. The lowest BCUT2D eigenvalue weighted by Gasteiger charge is -2.14. The van der Waals surface area contributed by atoms with Crippen LogP contribution in [0.5, 0.6) is 0 Å². The van der Waals surface area contributed by atoms with Gasteiger partial charge in [0.25, 0.3) is 0 Å². The highest BCUT2D eigenvalue weighted by atomic mass is 32.1. The second-order valence-electron chi connectivity index (χ2n) is 8.11. The number of thiazole rings is 1. The molecule has 0 radical (unpaired) electrons. The molecule has 166 valence electrons. The Morgan fingerprint density at radius 2 is 1.85 bits per heavy atom. The number of nitrogens with one attached hydrogen (secondary N) is 1.